The standard InChI is InChI=1S/C21H15Cl3N2O/c1-12-16(10-22)19(15-8-7-13(23)9-17(15)24)20-18(25-12)11-26(21(20)27)14-5-3-2-4-6-14/h2-9,11,27H,10H2,1H3. The highest BCUT2D eigenvalue weighted by Gasteiger charge is 2.22. The van der Waals surface area contributed by atoms with E-state index in [2.05, 4.69) is 4.98 Å². The molecule has 2 aromatic heterocycles. The van der Waals surface area contributed by atoms with Crippen LogP contribution in [0.15, 0.2) is 54.7 Å². The van der Waals surface area contributed by atoms with Gasteiger partial charge < -0.3 is 5.11 Å². The summed E-state index contributed by atoms with van der Waals surface area (Å²) in [4.78, 5) is 4.65. The van der Waals surface area contributed by atoms with E-state index in [0.29, 0.717) is 20.9 Å². The van der Waals surface area contributed by atoms with Crippen molar-refractivity contribution in [2.75, 3.05) is 0 Å². The molecule has 0 fully saturated rings. The maximum Gasteiger partial charge on any atom is 0.206 e. The highest BCUT2D eigenvalue weighted by molar-refractivity contribution is 6.37. The van der Waals surface area contributed by atoms with Crippen LogP contribution in [0.4, 0.5) is 0 Å². The SMILES string of the molecule is Cc1nc2cn(-c3ccccc3)c(O)c2c(-c2ccc(Cl)cc2Cl)c1CCl. The summed E-state index contributed by atoms with van der Waals surface area (Å²) >= 11 is 18.8. The van der Waals surface area contributed by atoms with Gasteiger partial charge in [0.1, 0.15) is 0 Å². The summed E-state index contributed by atoms with van der Waals surface area (Å²) in [6.45, 7) is 1.90. The summed E-state index contributed by atoms with van der Waals surface area (Å²) in [5, 5.41) is 12.7. The normalized spacial score (nSPS) is 11.3. The second-order valence-corrected chi connectivity index (χ2v) is 7.34. The van der Waals surface area contributed by atoms with Crippen molar-refractivity contribution in [3.63, 3.8) is 0 Å². The molecule has 2 heterocycles. The van der Waals surface area contributed by atoms with Crippen LogP contribution in [0.5, 0.6) is 5.88 Å². The van der Waals surface area contributed by atoms with Gasteiger partial charge in [0.25, 0.3) is 0 Å². The number of aromatic nitrogens is 2. The lowest BCUT2D eigenvalue weighted by atomic mass is 9.96. The molecule has 4 rings (SSSR count). The van der Waals surface area contributed by atoms with Crippen molar-refractivity contribution in [1.82, 2.24) is 9.55 Å². The van der Waals surface area contributed by atoms with Crippen molar-refractivity contribution in [2.24, 2.45) is 0 Å². The van der Waals surface area contributed by atoms with Gasteiger partial charge in [-0.3, -0.25) is 9.55 Å². The highest BCUT2D eigenvalue weighted by Crippen LogP contribution is 2.43. The van der Waals surface area contributed by atoms with Crippen molar-refractivity contribution in [3.8, 4) is 22.7 Å². The van der Waals surface area contributed by atoms with Gasteiger partial charge in [0, 0.05) is 44.6 Å². The molecule has 6 heteroatoms. The fourth-order valence-electron chi connectivity index (χ4n) is 3.33. The summed E-state index contributed by atoms with van der Waals surface area (Å²) in [6, 6.07) is 14.9. The van der Waals surface area contributed by atoms with Gasteiger partial charge in [-0.15, -0.1) is 11.6 Å². The summed E-state index contributed by atoms with van der Waals surface area (Å²) < 4.78 is 1.71. The first-order valence-corrected chi connectivity index (χ1v) is 9.60. The molecule has 0 spiro atoms. The topological polar surface area (TPSA) is 38.0 Å². The zero-order valence-corrected chi connectivity index (χ0v) is 16.6. The third kappa shape index (κ3) is 3.06. The quantitative estimate of drug-likeness (QED) is 0.374. The van der Waals surface area contributed by atoms with E-state index in [1.165, 1.54) is 0 Å². The number of alkyl halides is 1. The number of rotatable bonds is 3. The lowest BCUT2D eigenvalue weighted by Gasteiger charge is -2.14. The predicted molar refractivity (Wildman–Crippen MR) is 112 cm³/mol. The van der Waals surface area contributed by atoms with Gasteiger partial charge in [-0.05, 0) is 36.8 Å². The Morgan fingerprint density at radius 1 is 1.07 bits per heavy atom. The lowest BCUT2D eigenvalue weighted by Crippen LogP contribution is -1.96. The second-order valence-electron chi connectivity index (χ2n) is 6.23. The average molecular weight is 418 g/mol. The van der Waals surface area contributed by atoms with Gasteiger partial charge in [0.2, 0.25) is 5.88 Å². The molecule has 0 aliphatic rings. The third-order valence-corrected chi connectivity index (χ3v) is 5.42. The molecule has 0 aliphatic carbocycles. The average Bonchev–Trinajstić information content (AvgIpc) is 2.98. The first-order valence-electron chi connectivity index (χ1n) is 8.31. The van der Waals surface area contributed by atoms with Crippen LogP contribution in [-0.2, 0) is 5.88 Å². The minimum absolute atomic E-state index is 0.0936. The first-order chi connectivity index (χ1) is 13.0. The Morgan fingerprint density at radius 3 is 2.48 bits per heavy atom. The number of fused-ring (bicyclic) bond motifs is 1. The van der Waals surface area contributed by atoms with E-state index in [-0.39, 0.29) is 11.8 Å². The molecule has 0 saturated heterocycles. The Labute approximate surface area is 171 Å². The van der Waals surface area contributed by atoms with Gasteiger partial charge >= 0.3 is 0 Å². The smallest absolute Gasteiger partial charge is 0.206 e. The molecular formula is C21H15Cl3N2O. The molecule has 2 aromatic carbocycles. The number of para-hydroxylation sites is 1. The minimum Gasteiger partial charge on any atom is -0.494 e. The molecule has 1 N–H and O–H groups in total. The van der Waals surface area contributed by atoms with E-state index < -0.39 is 0 Å². The van der Waals surface area contributed by atoms with Crippen LogP contribution in [0.2, 0.25) is 10.0 Å². The molecule has 0 unspecified atom stereocenters. The molecule has 4 aromatic rings. The number of nitrogens with zero attached hydrogens (tertiary/aromatic N) is 2. The van der Waals surface area contributed by atoms with Crippen LogP contribution >= 0.6 is 34.8 Å². The van der Waals surface area contributed by atoms with E-state index in [9.17, 15) is 5.11 Å². The number of halogens is 3. The molecule has 0 bridgehead atoms. The number of pyridine rings is 1. The van der Waals surface area contributed by atoms with Crippen LogP contribution in [-0.4, -0.2) is 14.7 Å². The van der Waals surface area contributed by atoms with Gasteiger partial charge in [-0.1, -0.05) is 47.5 Å². The van der Waals surface area contributed by atoms with Crippen molar-refractivity contribution in [3.05, 3.63) is 76.0 Å². The second kappa shape index (κ2) is 7.08. The van der Waals surface area contributed by atoms with Crippen molar-refractivity contribution in [2.45, 2.75) is 12.8 Å². The summed E-state index contributed by atoms with van der Waals surface area (Å²) in [5.74, 6) is 0.343. The Balaban J connectivity index is 2.11. The van der Waals surface area contributed by atoms with Gasteiger partial charge in [0.05, 0.1) is 10.9 Å². The Bertz CT molecular complexity index is 1150. The third-order valence-electron chi connectivity index (χ3n) is 4.60. The monoisotopic (exact) mass is 416 g/mol. The number of hydrogen-bond acceptors (Lipinski definition) is 2. The summed E-state index contributed by atoms with van der Waals surface area (Å²) in [7, 11) is 0. The molecule has 27 heavy (non-hydrogen) atoms. The Morgan fingerprint density at radius 2 is 1.81 bits per heavy atom. The zero-order valence-electron chi connectivity index (χ0n) is 14.4. The Kier molecular flexibility index (Phi) is 4.77. The van der Waals surface area contributed by atoms with Gasteiger partial charge in [0.15, 0.2) is 0 Å². The maximum atomic E-state index is 11.1. The predicted octanol–water partition coefficient (Wildman–Crippen LogP) is 6.75. The highest BCUT2D eigenvalue weighted by atomic mass is 35.5. The number of benzene rings is 2. The Hall–Kier alpha value is -2.20. The van der Waals surface area contributed by atoms with Crippen LogP contribution in [0.3, 0.4) is 0 Å². The van der Waals surface area contributed by atoms with E-state index in [4.69, 9.17) is 34.8 Å². The molecule has 0 amide bonds. The zero-order chi connectivity index (χ0) is 19.1. The van der Waals surface area contributed by atoms with Crippen molar-refractivity contribution < 1.29 is 5.11 Å². The molecular weight excluding hydrogens is 403 g/mol. The van der Waals surface area contributed by atoms with E-state index in [1.807, 2.05) is 49.5 Å². The summed E-state index contributed by atoms with van der Waals surface area (Å²) in [6.07, 6.45) is 1.82. The number of hydrogen-bond donors (Lipinski definition) is 1. The lowest BCUT2D eigenvalue weighted by molar-refractivity contribution is 0.448. The van der Waals surface area contributed by atoms with Gasteiger partial charge in [-0.2, -0.15) is 0 Å². The number of aryl methyl sites for hydroxylation is 1. The maximum absolute atomic E-state index is 11.1. The van der Waals surface area contributed by atoms with Crippen molar-refractivity contribution in [1.29, 1.82) is 0 Å². The fourth-order valence-corrected chi connectivity index (χ4v) is 4.16. The fraction of sp³-hybridized carbons (Fsp3) is 0.0952. The van der Waals surface area contributed by atoms with E-state index in [1.54, 1.807) is 16.7 Å². The molecule has 3 nitrogen and oxygen atoms in total. The van der Waals surface area contributed by atoms with Gasteiger partial charge in [-0.25, -0.2) is 0 Å². The van der Waals surface area contributed by atoms with Crippen LogP contribution in [0.25, 0.3) is 27.7 Å². The minimum atomic E-state index is 0.0936. The van der Waals surface area contributed by atoms with E-state index >= 15 is 0 Å². The molecule has 0 atom stereocenters. The number of aromatic hydroxyl groups is 1. The summed E-state index contributed by atoms with van der Waals surface area (Å²) in [5.41, 5.74) is 4.67. The molecule has 0 saturated carbocycles. The largest absolute Gasteiger partial charge is 0.494 e. The van der Waals surface area contributed by atoms with Crippen LogP contribution in [0.1, 0.15) is 11.3 Å². The molecule has 136 valence electrons. The molecule has 0 radical (unpaired) electrons. The molecule has 0 aliphatic heterocycles. The van der Waals surface area contributed by atoms with Crippen molar-refractivity contribution >= 4 is 45.7 Å². The van der Waals surface area contributed by atoms with E-state index in [0.717, 1.165) is 28.1 Å². The van der Waals surface area contributed by atoms with Crippen LogP contribution < -0.4 is 0 Å². The van der Waals surface area contributed by atoms with Crippen LogP contribution in [0, 0.1) is 6.92 Å². The first kappa shape index (κ1) is 18.2.